The zero-order chi connectivity index (χ0) is 26.0. The summed E-state index contributed by atoms with van der Waals surface area (Å²) in [7, 11) is 0. The summed E-state index contributed by atoms with van der Waals surface area (Å²) in [6.07, 6.45) is 10.7. The Morgan fingerprint density at radius 2 is 1.49 bits per heavy atom. The number of allylic oxidation sites excluding steroid dienone is 2. The van der Waals surface area contributed by atoms with Gasteiger partial charge in [-0.1, -0.05) is 45.6 Å². The van der Waals surface area contributed by atoms with E-state index >= 15 is 0 Å². The van der Waals surface area contributed by atoms with Gasteiger partial charge in [0.05, 0.1) is 0 Å². The molecule has 0 aliphatic heterocycles. The Kier molecular flexibility index (Phi) is 6.88. The Morgan fingerprint density at radius 1 is 0.857 bits per heavy atom. The number of hydrogen-bond donors (Lipinski definition) is 7. The highest BCUT2D eigenvalue weighted by atomic mass is 16.7. The third kappa shape index (κ3) is 4.23. The largest absolute Gasteiger partial charge is 0.375 e. The van der Waals surface area contributed by atoms with Gasteiger partial charge < -0.3 is 35.7 Å². The first-order valence-corrected chi connectivity index (χ1v) is 13.4. The predicted octanol–water partition coefficient (Wildman–Crippen LogP) is 1.93. The van der Waals surface area contributed by atoms with E-state index in [2.05, 4.69) is 20.8 Å². The maximum atomic E-state index is 13.2. The van der Waals surface area contributed by atoms with Crippen molar-refractivity contribution in [3.8, 4) is 0 Å². The van der Waals surface area contributed by atoms with E-state index in [4.69, 9.17) is 0 Å². The number of aliphatic hydroxyl groups is 7. The van der Waals surface area contributed by atoms with Crippen molar-refractivity contribution in [2.45, 2.75) is 109 Å². The Labute approximate surface area is 207 Å². The molecule has 0 aromatic heterocycles. The third-order valence-electron chi connectivity index (χ3n) is 10.9. The van der Waals surface area contributed by atoms with Gasteiger partial charge in [0.25, 0.3) is 0 Å². The van der Waals surface area contributed by atoms with Crippen LogP contribution in [0.15, 0.2) is 11.6 Å². The molecule has 0 bridgehead atoms. The normalized spacial score (nSPS) is 38.9. The lowest BCUT2D eigenvalue weighted by molar-refractivity contribution is -0.495. The summed E-state index contributed by atoms with van der Waals surface area (Å²) in [6, 6.07) is 0. The van der Waals surface area contributed by atoms with Crippen molar-refractivity contribution in [1.82, 2.24) is 0 Å². The van der Waals surface area contributed by atoms with Crippen LogP contribution in [-0.2, 0) is 4.79 Å². The molecule has 0 heterocycles. The average Bonchev–Trinajstić information content (AvgIpc) is 3.09. The van der Waals surface area contributed by atoms with E-state index in [1.165, 1.54) is 12.0 Å². The van der Waals surface area contributed by atoms with Gasteiger partial charge in [0.2, 0.25) is 5.60 Å². The summed E-state index contributed by atoms with van der Waals surface area (Å²) in [6.45, 7) is 6.79. The number of fused-ring (bicyclic) bond motifs is 5. The first-order valence-electron chi connectivity index (χ1n) is 13.4. The minimum Gasteiger partial charge on any atom is -0.375 e. The van der Waals surface area contributed by atoms with Gasteiger partial charge in [0.15, 0.2) is 5.78 Å². The summed E-state index contributed by atoms with van der Waals surface area (Å²) >= 11 is 0. The molecule has 8 nitrogen and oxygen atoms in total. The zero-order valence-corrected chi connectivity index (χ0v) is 21.3. The lowest BCUT2D eigenvalue weighted by Gasteiger charge is -2.56. The van der Waals surface area contributed by atoms with Crippen molar-refractivity contribution in [3.63, 3.8) is 0 Å². The molecule has 3 saturated carbocycles. The highest BCUT2D eigenvalue weighted by Crippen LogP contribution is 2.66. The highest BCUT2D eigenvalue weighted by Gasteiger charge is 2.62. The van der Waals surface area contributed by atoms with Gasteiger partial charge in [-0.25, -0.2) is 0 Å². The fraction of sp³-hybridized carbons (Fsp3) is 0.889. The second kappa shape index (κ2) is 8.86. The molecule has 4 aliphatic rings. The van der Waals surface area contributed by atoms with Crippen LogP contribution in [-0.4, -0.2) is 59.1 Å². The van der Waals surface area contributed by atoms with Crippen LogP contribution in [0.25, 0.3) is 0 Å². The van der Waals surface area contributed by atoms with Crippen LogP contribution in [0.5, 0.6) is 0 Å². The van der Waals surface area contributed by atoms with Crippen LogP contribution >= 0.6 is 0 Å². The molecule has 3 fully saturated rings. The molecule has 0 aromatic rings. The van der Waals surface area contributed by atoms with E-state index in [1.54, 1.807) is 0 Å². The Bertz CT molecular complexity index is 840. The average molecular weight is 497 g/mol. The number of hydrogen-bond acceptors (Lipinski definition) is 8. The van der Waals surface area contributed by atoms with Crippen molar-refractivity contribution in [2.24, 2.45) is 40.4 Å². The molecule has 0 spiro atoms. The molecule has 0 aromatic carbocycles. The van der Waals surface area contributed by atoms with E-state index in [0.717, 1.165) is 44.9 Å². The van der Waals surface area contributed by atoms with Gasteiger partial charge in [-0.15, -0.1) is 0 Å². The zero-order valence-electron chi connectivity index (χ0n) is 21.3. The number of carbonyl (C=O) groups excluding carboxylic acids is 1. The summed E-state index contributed by atoms with van der Waals surface area (Å²) in [5.74, 6) is -5.90. The Balaban J connectivity index is 1.47. The minimum atomic E-state index is -3.88. The monoisotopic (exact) mass is 496 g/mol. The van der Waals surface area contributed by atoms with Gasteiger partial charge in [-0.05, 0) is 91.9 Å². The van der Waals surface area contributed by atoms with E-state index in [-0.39, 0.29) is 29.1 Å². The van der Waals surface area contributed by atoms with Crippen molar-refractivity contribution < 1.29 is 40.5 Å². The lowest BCUT2D eigenvalue weighted by Crippen LogP contribution is -2.68. The molecule has 0 saturated heterocycles. The third-order valence-corrected chi connectivity index (χ3v) is 10.9. The van der Waals surface area contributed by atoms with Gasteiger partial charge in [0.1, 0.15) is 0 Å². The van der Waals surface area contributed by atoms with Crippen LogP contribution in [0.4, 0.5) is 0 Å². The molecular weight excluding hydrogens is 452 g/mol. The first-order chi connectivity index (χ1) is 16.1. The lowest BCUT2D eigenvalue weighted by atomic mass is 9.47. The number of rotatable bonds is 7. The molecular formula is C27H44O8. The minimum absolute atomic E-state index is 0.0413. The molecule has 8 heteroatoms. The quantitative estimate of drug-likeness (QED) is 0.263. The summed E-state index contributed by atoms with van der Waals surface area (Å²) < 4.78 is 0. The summed E-state index contributed by atoms with van der Waals surface area (Å²) in [4.78, 5) is 13.2. The van der Waals surface area contributed by atoms with Gasteiger partial charge in [-0.3, -0.25) is 4.79 Å². The standard InChI is InChI=1S/C27H44O8/c1-16(7-6-13-25(29,26(30,31)32)27(33,34)35)18-9-10-19-17-15-22(28)21-8-4-5-12-23(21,2)20(17)11-14-24(18,19)3/h15-16,18-21,29-35H,4-14H2,1-3H3/t16-,18-,19+,20+,21?,23-,24-/m1/s1. The fourth-order valence-corrected chi connectivity index (χ4v) is 8.83. The van der Waals surface area contributed by atoms with Gasteiger partial charge in [0, 0.05) is 5.92 Å². The van der Waals surface area contributed by atoms with Crippen molar-refractivity contribution in [2.75, 3.05) is 0 Å². The van der Waals surface area contributed by atoms with Crippen molar-refractivity contribution in [3.05, 3.63) is 11.6 Å². The first kappa shape index (κ1) is 27.2. The summed E-state index contributed by atoms with van der Waals surface area (Å²) in [5, 5.41) is 66.8. The van der Waals surface area contributed by atoms with Crippen LogP contribution in [0, 0.1) is 40.4 Å². The van der Waals surface area contributed by atoms with E-state index in [0.29, 0.717) is 30.0 Å². The molecule has 4 rings (SSSR count). The molecule has 0 radical (unpaired) electrons. The van der Waals surface area contributed by atoms with Crippen molar-refractivity contribution in [1.29, 1.82) is 0 Å². The van der Waals surface area contributed by atoms with Crippen LogP contribution in [0.3, 0.4) is 0 Å². The Morgan fingerprint density at radius 3 is 2.11 bits per heavy atom. The second-order valence-corrected chi connectivity index (χ2v) is 12.7. The van der Waals surface area contributed by atoms with E-state index < -0.39 is 24.0 Å². The van der Waals surface area contributed by atoms with Crippen molar-refractivity contribution >= 4 is 5.78 Å². The van der Waals surface area contributed by atoms with E-state index in [9.17, 15) is 40.5 Å². The fourth-order valence-electron chi connectivity index (χ4n) is 8.83. The maximum absolute atomic E-state index is 13.2. The molecule has 4 aliphatic carbocycles. The maximum Gasteiger partial charge on any atom is 0.314 e. The smallest absolute Gasteiger partial charge is 0.314 e. The molecule has 7 N–H and O–H groups in total. The molecule has 200 valence electrons. The van der Waals surface area contributed by atoms with Gasteiger partial charge in [-0.2, -0.15) is 0 Å². The highest BCUT2D eigenvalue weighted by molar-refractivity contribution is 5.94. The molecule has 7 atom stereocenters. The topological polar surface area (TPSA) is 159 Å². The number of carbonyl (C=O) groups is 1. The number of ketones is 1. The van der Waals surface area contributed by atoms with Crippen LogP contribution < -0.4 is 0 Å². The Hall–Kier alpha value is -0.870. The molecule has 1 unspecified atom stereocenters. The summed E-state index contributed by atoms with van der Waals surface area (Å²) in [5.41, 5.74) is -1.85. The SMILES string of the molecule is C[C@H](CCCC(O)(C(O)(O)O)C(O)(O)O)[C@H]1CC[C@H]2C3=CC(=O)C4CCCC[C@]4(C)[C@H]3CC[C@]12C. The van der Waals surface area contributed by atoms with Crippen LogP contribution in [0.1, 0.15) is 91.4 Å². The predicted molar refractivity (Wildman–Crippen MR) is 127 cm³/mol. The van der Waals surface area contributed by atoms with Crippen LogP contribution in [0.2, 0.25) is 0 Å². The molecule has 35 heavy (non-hydrogen) atoms. The van der Waals surface area contributed by atoms with Gasteiger partial charge >= 0.3 is 11.9 Å². The molecule has 0 amide bonds. The van der Waals surface area contributed by atoms with E-state index in [1.807, 2.05) is 6.08 Å². The second-order valence-electron chi connectivity index (χ2n) is 12.7.